The van der Waals surface area contributed by atoms with E-state index < -0.39 is 27.3 Å². The summed E-state index contributed by atoms with van der Waals surface area (Å²) in [5.41, 5.74) is 0. The molecule has 0 aromatic rings. The molecule has 0 aromatic carbocycles. The molecule has 7 heteroatoms. The van der Waals surface area contributed by atoms with Gasteiger partial charge < -0.3 is 5.11 Å². The molecule has 1 fully saturated rings. The molecule has 1 N–H and O–H groups in total. The second-order valence-corrected chi connectivity index (χ2v) is 5.75. The van der Waals surface area contributed by atoms with E-state index >= 15 is 0 Å². The summed E-state index contributed by atoms with van der Waals surface area (Å²) in [4.78, 5) is 10.9. The van der Waals surface area contributed by atoms with Crippen molar-refractivity contribution in [3.05, 3.63) is 0 Å². The predicted octanol–water partition coefficient (Wildman–Crippen LogP) is 0.167. The van der Waals surface area contributed by atoms with Crippen molar-refractivity contribution in [3.63, 3.8) is 0 Å². The second kappa shape index (κ2) is 4.80. The van der Waals surface area contributed by atoms with Crippen LogP contribution in [0.1, 0.15) is 26.2 Å². The van der Waals surface area contributed by atoms with E-state index in [-0.39, 0.29) is 13.0 Å². The van der Waals surface area contributed by atoms with Gasteiger partial charge in [0, 0.05) is 6.54 Å². The van der Waals surface area contributed by atoms with Crippen molar-refractivity contribution in [2.45, 2.75) is 37.5 Å². The molecule has 0 bridgehead atoms. The SMILES string of the molecule is CCC(C#N)S(=O)(=O)N1CCC[C@H]1C(=O)O. The van der Waals surface area contributed by atoms with Crippen LogP contribution in [0.15, 0.2) is 0 Å². The van der Waals surface area contributed by atoms with E-state index in [1.54, 1.807) is 13.0 Å². The zero-order valence-corrected chi connectivity index (χ0v) is 9.77. The lowest BCUT2D eigenvalue weighted by Gasteiger charge is -2.22. The van der Waals surface area contributed by atoms with Gasteiger partial charge in [-0.3, -0.25) is 4.79 Å². The number of hydrogen-bond donors (Lipinski definition) is 1. The largest absolute Gasteiger partial charge is 0.480 e. The van der Waals surface area contributed by atoms with E-state index in [4.69, 9.17) is 10.4 Å². The number of carboxylic acids is 1. The first-order valence-corrected chi connectivity index (χ1v) is 6.58. The number of rotatable bonds is 4. The van der Waals surface area contributed by atoms with Crippen LogP contribution in [0.2, 0.25) is 0 Å². The van der Waals surface area contributed by atoms with Gasteiger partial charge in [0.05, 0.1) is 6.07 Å². The number of hydrogen-bond acceptors (Lipinski definition) is 4. The van der Waals surface area contributed by atoms with E-state index in [1.807, 2.05) is 0 Å². The zero-order valence-electron chi connectivity index (χ0n) is 8.96. The van der Waals surface area contributed by atoms with Crippen molar-refractivity contribution in [1.82, 2.24) is 4.31 Å². The topological polar surface area (TPSA) is 98.5 Å². The number of carbonyl (C=O) groups is 1. The number of carboxylic acid groups (broad SMARTS) is 1. The third-order valence-corrected chi connectivity index (χ3v) is 4.94. The third-order valence-electron chi connectivity index (χ3n) is 2.69. The average molecular weight is 246 g/mol. The quantitative estimate of drug-likeness (QED) is 0.762. The Bertz CT molecular complexity index is 412. The van der Waals surface area contributed by atoms with Crippen LogP contribution in [-0.2, 0) is 14.8 Å². The molecule has 0 amide bonds. The average Bonchev–Trinajstić information content (AvgIpc) is 2.67. The van der Waals surface area contributed by atoms with Gasteiger partial charge in [-0.25, -0.2) is 8.42 Å². The maximum Gasteiger partial charge on any atom is 0.322 e. The summed E-state index contributed by atoms with van der Waals surface area (Å²) < 4.78 is 24.9. The molecule has 0 radical (unpaired) electrons. The van der Waals surface area contributed by atoms with Crippen molar-refractivity contribution >= 4 is 16.0 Å². The van der Waals surface area contributed by atoms with Crippen molar-refractivity contribution < 1.29 is 18.3 Å². The fourth-order valence-electron chi connectivity index (χ4n) is 1.82. The summed E-state index contributed by atoms with van der Waals surface area (Å²) in [6, 6.07) is 0.699. The zero-order chi connectivity index (χ0) is 12.3. The first-order valence-electron chi connectivity index (χ1n) is 5.08. The molecule has 16 heavy (non-hydrogen) atoms. The number of nitrogens with zero attached hydrogens (tertiary/aromatic N) is 2. The summed E-state index contributed by atoms with van der Waals surface area (Å²) in [6.07, 6.45) is 1.01. The molecule has 2 atom stereocenters. The van der Waals surface area contributed by atoms with Gasteiger partial charge in [0.2, 0.25) is 10.0 Å². The Hall–Kier alpha value is -1.13. The normalized spacial score (nSPS) is 23.9. The summed E-state index contributed by atoms with van der Waals surface area (Å²) in [5, 5.41) is 16.5. The number of aliphatic carboxylic acids is 1. The maximum absolute atomic E-state index is 12.0. The molecule has 1 aliphatic heterocycles. The Morgan fingerprint density at radius 1 is 1.69 bits per heavy atom. The predicted molar refractivity (Wildman–Crippen MR) is 56.0 cm³/mol. The highest BCUT2D eigenvalue weighted by atomic mass is 32.2. The fourth-order valence-corrected chi connectivity index (χ4v) is 3.64. The van der Waals surface area contributed by atoms with E-state index in [2.05, 4.69) is 0 Å². The molecule has 1 heterocycles. The van der Waals surface area contributed by atoms with Crippen LogP contribution in [-0.4, -0.2) is 41.6 Å². The number of nitriles is 1. The smallest absolute Gasteiger partial charge is 0.322 e. The molecule has 90 valence electrons. The summed E-state index contributed by atoms with van der Waals surface area (Å²) in [7, 11) is -3.80. The van der Waals surface area contributed by atoms with Gasteiger partial charge in [0.1, 0.15) is 6.04 Å². The summed E-state index contributed by atoms with van der Waals surface area (Å²) >= 11 is 0. The molecule has 0 aliphatic carbocycles. The Morgan fingerprint density at radius 2 is 2.31 bits per heavy atom. The summed E-state index contributed by atoms with van der Waals surface area (Å²) in [6.45, 7) is 1.79. The fraction of sp³-hybridized carbons (Fsp3) is 0.778. The second-order valence-electron chi connectivity index (χ2n) is 3.68. The lowest BCUT2D eigenvalue weighted by atomic mass is 10.2. The van der Waals surface area contributed by atoms with Crippen LogP contribution in [0.4, 0.5) is 0 Å². The third kappa shape index (κ3) is 2.18. The van der Waals surface area contributed by atoms with Crippen LogP contribution >= 0.6 is 0 Å². The molecular weight excluding hydrogens is 232 g/mol. The standard InChI is InChI=1S/C9H14N2O4S/c1-2-7(6-10)16(14,15)11-5-3-4-8(11)9(12)13/h7-8H,2-5H2,1H3,(H,12,13)/t7?,8-/m0/s1. The molecule has 1 saturated heterocycles. The van der Waals surface area contributed by atoms with Gasteiger partial charge in [-0.2, -0.15) is 9.57 Å². The number of sulfonamides is 1. The first kappa shape index (κ1) is 12.9. The minimum absolute atomic E-state index is 0.168. The van der Waals surface area contributed by atoms with Crippen molar-refractivity contribution in [3.8, 4) is 6.07 Å². The molecule has 1 aliphatic rings. The highest BCUT2D eigenvalue weighted by Gasteiger charge is 2.42. The van der Waals surface area contributed by atoms with E-state index in [0.29, 0.717) is 12.8 Å². The van der Waals surface area contributed by atoms with Gasteiger partial charge in [-0.1, -0.05) is 6.92 Å². The molecule has 0 aromatic heterocycles. The minimum atomic E-state index is -3.80. The van der Waals surface area contributed by atoms with E-state index in [0.717, 1.165) is 4.31 Å². The Labute approximate surface area is 94.5 Å². The molecule has 0 spiro atoms. The summed E-state index contributed by atoms with van der Waals surface area (Å²) in [5.74, 6) is -1.14. The van der Waals surface area contributed by atoms with Crippen molar-refractivity contribution in [2.75, 3.05) is 6.54 Å². The van der Waals surface area contributed by atoms with Crippen molar-refractivity contribution in [1.29, 1.82) is 5.26 Å². The van der Waals surface area contributed by atoms with Gasteiger partial charge in [0.15, 0.2) is 5.25 Å². The Kier molecular flexibility index (Phi) is 3.88. The van der Waals surface area contributed by atoms with Gasteiger partial charge in [-0.15, -0.1) is 0 Å². The monoisotopic (exact) mass is 246 g/mol. The van der Waals surface area contributed by atoms with Crippen LogP contribution in [0, 0.1) is 11.3 Å². The minimum Gasteiger partial charge on any atom is -0.480 e. The molecule has 6 nitrogen and oxygen atoms in total. The lowest BCUT2D eigenvalue weighted by Crippen LogP contribution is -2.44. The Morgan fingerprint density at radius 3 is 2.75 bits per heavy atom. The van der Waals surface area contributed by atoms with Gasteiger partial charge >= 0.3 is 5.97 Å². The lowest BCUT2D eigenvalue weighted by molar-refractivity contribution is -0.140. The van der Waals surface area contributed by atoms with E-state index in [9.17, 15) is 13.2 Å². The Balaban J connectivity index is 3.00. The first-order chi connectivity index (χ1) is 7.45. The highest BCUT2D eigenvalue weighted by molar-refractivity contribution is 7.90. The molecule has 0 saturated carbocycles. The van der Waals surface area contributed by atoms with Crippen LogP contribution in [0.3, 0.4) is 0 Å². The van der Waals surface area contributed by atoms with E-state index in [1.165, 1.54) is 0 Å². The van der Waals surface area contributed by atoms with Gasteiger partial charge in [0.25, 0.3) is 0 Å². The molecule has 1 unspecified atom stereocenters. The van der Waals surface area contributed by atoms with Crippen LogP contribution in [0.5, 0.6) is 0 Å². The van der Waals surface area contributed by atoms with Gasteiger partial charge in [-0.05, 0) is 19.3 Å². The van der Waals surface area contributed by atoms with Crippen LogP contribution in [0.25, 0.3) is 0 Å². The van der Waals surface area contributed by atoms with Crippen LogP contribution < -0.4 is 0 Å². The highest BCUT2D eigenvalue weighted by Crippen LogP contribution is 2.24. The molecular formula is C9H14N2O4S. The maximum atomic E-state index is 12.0. The molecule has 1 rings (SSSR count). The van der Waals surface area contributed by atoms with Crippen molar-refractivity contribution in [2.24, 2.45) is 0 Å².